The van der Waals surface area contributed by atoms with E-state index in [9.17, 15) is 4.79 Å². The number of fused-ring (bicyclic) bond motifs is 1. The second kappa shape index (κ2) is 5.52. The lowest BCUT2D eigenvalue weighted by Crippen LogP contribution is -2.37. The van der Waals surface area contributed by atoms with Crippen molar-refractivity contribution in [3.8, 4) is 0 Å². The van der Waals surface area contributed by atoms with Gasteiger partial charge >= 0.3 is 0 Å². The van der Waals surface area contributed by atoms with E-state index >= 15 is 0 Å². The summed E-state index contributed by atoms with van der Waals surface area (Å²) in [6.45, 7) is 1.92. The highest BCUT2D eigenvalue weighted by molar-refractivity contribution is 9.09. The van der Waals surface area contributed by atoms with Crippen molar-refractivity contribution in [3.63, 3.8) is 0 Å². The first-order valence-corrected chi connectivity index (χ1v) is 7.88. The fourth-order valence-corrected chi connectivity index (χ4v) is 3.54. The Morgan fingerprint density at radius 3 is 2.90 bits per heavy atom. The van der Waals surface area contributed by atoms with Crippen LogP contribution in [0.4, 0.5) is 0 Å². The van der Waals surface area contributed by atoms with Crippen LogP contribution in [0.3, 0.4) is 0 Å². The van der Waals surface area contributed by atoms with Crippen LogP contribution in [0.15, 0.2) is 30.3 Å². The number of nitrogens with zero attached hydrogens (tertiary/aromatic N) is 1. The third-order valence-electron chi connectivity index (χ3n) is 3.84. The number of carbonyl (C=O) groups excluding carboxylic acids is 1. The smallest absolute Gasteiger partial charge is 0.252 e. The van der Waals surface area contributed by atoms with Crippen LogP contribution in [0, 0.1) is 6.92 Å². The van der Waals surface area contributed by atoms with Crippen LogP contribution in [0.5, 0.6) is 0 Å². The minimum atomic E-state index is 0.00282. The van der Waals surface area contributed by atoms with Crippen molar-refractivity contribution in [3.05, 3.63) is 41.6 Å². The number of aromatic nitrogens is 1. The van der Waals surface area contributed by atoms with E-state index in [-0.39, 0.29) is 11.9 Å². The molecule has 0 aliphatic heterocycles. The third kappa shape index (κ3) is 2.57. The topological polar surface area (TPSA) is 42.0 Å². The van der Waals surface area contributed by atoms with Gasteiger partial charge in [-0.1, -0.05) is 40.5 Å². The number of alkyl halides is 1. The first kappa shape index (κ1) is 13.6. The average Bonchev–Trinajstić information content (AvgIpc) is 2.83. The van der Waals surface area contributed by atoms with E-state index in [1.807, 2.05) is 37.3 Å². The number of nitrogens with one attached hydrogen (secondary N) is 1. The van der Waals surface area contributed by atoms with Gasteiger partial charge in [-0.15, -0.1) is 0 Å². The first-order chi connectivity index (χ1) is 9.65. The lowest BCUT2D eigenvalue weighted by molar-refractivity contribution is 0.0940. The highest BCUT2D eigenvalue weighted by Gasteiger charge is 2.27. The molecule has 1 N–H and O–H groups in total. The van der Waals surface area contributed by atoms with Crippen molar-refractivity contribution in [2.24, 2.45) is 0 Å². The molecule has 0 spiro atoms. The number of pyridine rings is 1. The molecule has 1 aliphatic carbocycles. The number of amides is 1. The van der Waals surface area contributed by atoms with Crippen LogP contribution in [0.2, 0.25) is 0 Å². The van der Waals surface area contributed by atoms with Gasteiger partial charge in [-0.2, -0.15) is 0 Å². The fraction of sp³-hybridized carbons (Fsp3) is 0.375. The van der Waals surface area contributed by atoms with Gasteiger partial charge in [0, 0.05) is 21.9 Å². The summed E-state index contributed by atoms with van der Waals surface area (Å²) in [5.41, 5.74) is 2.47. The van der Waals surface area contributed by atoms with Gasteiger partial charge in [0.15, 0.2) is 0 Å². The number of hydrogen-bond acceptors (Lipinski definition) is 2. The number of aryl methyl sites for hydroxylation is 1. The van der Waals surface area contributed by atoms with Crippen molar-refractivity contribution < 1.29 is 4.79 Å². The Morgan fingerprint density at radius 1 is 1.35 bits per heavy atom. The highest BCUT2D eigenvalue weighted by atomic mass is 79.9. The van der Waals surface area contributed by atoms with Gasteiger partial charge in [0.25, 0.3) is 5.91 Å². The number of rotatable bonds is 2. The SMILES string of the molecule is Cc1cc(C(=O)NC2CCCC2Br)c2ccccc2n1. The Kier molecular flexibility index (Phi) is 3.74. The molecule has 4 heteroatoms. The molecule has 0 bridgehead atoms. The average molecular weight is 333 g/mol. The maximum Gasteiger partial charge on any atom is 0.252 e. The Hall–Kier alpha value is -1.42. The number of hydrogen-bond donors (Lipinski definition) is 1. The van der Waals surface area contributed by atoms with Crippen molar-refractivity contribution in [2.45, 2.75) is 37.1 Å². The molecule has 3 rings (SSSR count). The summed E-state index contributed by atoms with van der Waals surface area (Å²) in [5.74, 6) is 0.00282. The molecule has 2 atom stereocenters. The monoisotopic (exact) mass is 332 g/mol. The Labute approximate surface area is 126 Å². The van der Waals surface area contributed by atoms with Gasteiger partial charge in [0.2, 0.25) is 0 Å². The molecule has 0 radical (unpaired) electrons. The summed E-state index contributed by atoms with van der Waals surface area (Å²) in [5, 5.41) is 4.07. The molecule has 20 heavy (non-hydrogen) atoms. The summed E-state index contributed by atoms with van der Waals surface area (Å²) in [7, 11) is 0. The first-order valence-electron chi connectivity index (χ1n) is 6.96. The summed E-state index contributed by atoms with van der Waals surface area (Å²) in [6, 6.07) is 9.89. The second-order valence-electron chi connectivity index (χ2n) is 5.36. The zero-order chi connectivity index (χ0) is 14.1. The van der Waals surface area contributed by atoms with E-state index in [0.29, 0.717) is 4.83 Å². The molecule has 1 aromatic carbocycles. The normalized spacial score (nSPS) is 22.1. The molecule has 3 nitrogen and oxygen atoms in total. The third-order valence-corrected chi connectivity index (χ3v) is 4.93. The van der Waals surface area contributed by atoms with Crippen molar-refractivity contribution in [1.82, 2.24) is 10.3 Å². The number of benzene rings is 1. The zero-order valence-corrected chi connectivity index (χ0v) is 13.0. The molecule has 1 saturated carbocycles. The second-order valence-corrected chi connectivity index (χ2v) is 6.53. The number of halogens is 1. The van der Waals surface area contributed by atoms with Crippen LogP contribution in [-0.2, 0) is 0 Å². The Morgan fingerprint density at radius 2 is 2.15 bits per heavy atom. The lowest BCUT2D eigenvalue weighted by Gasteiger charge is -2.17. The number of carbonyl (C=O) groups is 1. The molecular weight excluding hydrogens is 316 g/mol. The van der Waals surface area contributed by atoms with E-state index in [0.717, 1.165) is 41.4 Å². The zero-order valence-electron chi connectivity index (χ0n) is 11.4. The van der Waals surface area contributed by atoms with Crippen LogP contribution in [0.25, 0.3) is 10.9 Å². The van der Waals surface area contributed by atoms with Crippen LogP contribution >= 0.6 is 15.9 Å². The summed E-state index contributed by atoms with van der Waals surface area (Å²) in [6.07, 6.45) is 3.34. The van der Waals surface area contributed by atoms with E-state index < -0.39 is 0 Å². The molecule has 2 unspecified atom stereocenters. The molecule has 1 amide bonds. The van der Waals surface area contributed by atoms with Crippen molar-refractivity contribution >= 4 is 32.7 Å². The molecule has 1 fully saturated rings. The van der Waals surface area contributed by atoms with Gasteiger partial charge in [0.1, 0.15) is 0 Å². The van der Waals surface area contributed by atoms with Crippen LogP contribution in [0.1, 0.15) is 35.3 Å². The van der Waals surface area contributed by atoms with Gasteiger partial charge < -0.3 is 5.32 Å². The molecule has 2 aromatic rings. The largest absolute Gasteiger partial charge is 0.348 e. The van der Waals surface area contributed by atoms with Gasteiger partial charge in [-0.3, -0.25) is 9.78 Å². The fourth-order valence-electron chi connectivity index (χ4n) is 2.82. The van der Waals surface area contributed by atoms with E-state index in [1.165, 1.54) is 0 Å². The minimum Gasteiger partial charge on any atom is -0.348 e. The maximum absolute atomic E-state index is 12.6. The molecule has 1 aromatic heterocycles. The standard InChI is InChI=1S/C16H17BrN2O/c1-10-9-12(11-5-2-3-7-14(11)18-10)16(20)19-15-8-4-6-13(15)17/h2-3,5,7,9,13,15H,4,6,8H2,1H3,(H,19,20). The van der Waals surface area contributed by atoms with Gasteiger partial charge in [-0.25, -0.2) is 0 Å². The predicted octanol–water partition coefficient (Wildman–Crippen LogP) is 3.59. The van der Waals surface area contributed by atoms with E-state index in [1.54, 1.807) is 0 Å². The van der Waals surface area contributed by atoms with Gasteiger partial charge in [-0.05, 0) is 31.9 Å². The lowest BCUT2D eigenvalue weighted by atomic mass is 10.1. The van der Waals surface area contributed by atoms with Crippen LogP contribution in [-0.4, -0.2) is 21.8 Å². The predicted molar refractivity (Wildman–Crippen MR) is 84.3 cm³/mol. The van der Waals surface area contributed by atoms with Gasteiger partial charge in [0.05, 0.1) is 11.1 Å². The number of para-hydroxylation sites is 1. The maximum atomic E-state index is 12.6. The Balaban J connectivity index is 1.94. The highest BCUT2D eigenvalue weighted by Crippen LogP contribution is 2.26. The molecule has 0 saturated heterocycles. The minimum absolute atomic E-state index is 0.00282. The van der Waals surface area contributed by atoms with Crippen LogP contribution < -0.4 is 5.32 Å². The molecule has 1 heterocycles. The molecule has 1 aliphatic rings. The Bertz CT molecular complexity index is 656. The molecular formula is C16H17BrN2O. The quantitative estimate of drug-likeness (QED) is 0.854. The molecule has 104 valence electrons. The van der Waals surface area contributed by atoms with Crippen molar-refractivity contribution in [1.29, 1.82) is 0 Å². The summed E-state index contributed by atoms with van der Waals surface area (Å²) >= 11 is 3.64. The van der Waals surface area contributed by atoms with Crippen molar-refractivity contribution in [2.75, 3.05) is 0 Å². The van der Waals surface area contributed by atoms with E-state index in [2.05, 4.69) is 26.2 Å². The summed E-state index contributed by atoms with van der Waals surface area (Å²) < 4.78 is 0. The van der Waals surface area contributed by atoms with E-state index in [4.69, 9.17) is 0 Å². The summed E-state index contributed by atoms with van der Waals surface area (Å²) in [4.78, 5) is 17.4.